The number of anilines is 1. The molecule has 5 rings (SSSR count). The number of fused-ring (bicyclic) bond motifs is 2. The van der Waals surface area contributed by atoms with Gasteiger partial charge in [0.1, 0.15) is 5.69 Å². The molecule has 0 fully saturated rings. The van der Waals surface area contributed by atoms with Gasteiger partial charge in [-0.2, -0.15) is 4.52 Å². The van der Waals surface area contributed by atoms with Crippen LogP contribution in [0.1, 0.15) is 31.5 Å². The Bertz CT molecular complexity index is 1350. The van der Waals surface area contributed by atoms with Gasteiger partial charge in [-0.1, -0.05) is 0 Å². The number of nitrogens with zero attached hydrogens (tertiary/aromatic N) is 6. The van der Waals surface area contributed by atoms with Crippen LogP contribution >= 0.6 is 38.6 Å². The molecule has 31 heavy (non-hydrogen) atoms. The van der Waals surface area contributed by atoms with E-state index in [4.69, 9.17) is 0 Å². The Labute approximate surface area is 192 Å². The molecule has 0 radical (unpaired) electrons. The first-order valence-electron chi connectivity index (χ1n) is 9.44. The number of thiazole rings is 2. The summed E-state index contributed by atoms with van der Waals surface area (Å²) in [7, 11) is 0. The maximum Gasteiger partial charge on any atom is 0.275 e. The number of rotatable bonds is 4. The number of nitrogens with one attached hydrogen (secondary N) is 1. The van der Waals surface area contributed by atoms with Crippen LogP contribution in [-0.2, 0) is 19.5 Å². The first-order valence-corrected chi connectivity index (χ1v) is 11.9. The van der Waals surface area contributed by atoms with Crippen LogP contribution in [0.25, 0.3) is 5.65 Å². The molecule has 0 spiro atoms. The van der Waals surface area contributed by atoms with Gasteiger partial charge in [-0.15, -0.1) is 27.8 Å². The minimum atomic E-state index is -0.408. The Morgan fingerprint density at radius 3 is 3.00 bits per heavy atom. The lowest BCUT2D eigenvalue weighted by molar-refractivity contribution is 0.0946. The number of aryl methyl sites for hydroxylation is 1. The number of carbonyl (C=O) groups excluding carboxylic acids is 1. The van der Waals surface area contributed by atoms with Crippen molar-refractivity contribution in [2.45, 2.75) is 26.4 Å². The molecule has 1 N–H and O–H groups in total. The Morgan fingerprint density at radius 2 is 2.19 bits per heavy atom. The van der Waals surface area contributed by atoms with E-state index >= 15 is 0 Å². The Hall–Kier alpha value is -2.70. The second-order valence-electron chi connectivity index (χ2n) is 7.06. The van der Waals surface area contributed by atoms with Gasteiger partial charge in [0, 0.05) is 35.0 Å². The standard InChI is InChI=1S/C19H16BrN7O2S2/c1-10-4-15-23-13(18(29)22-7-11-6-21-9-30-11)5-16(28)27(15)25-17(10)26-3-2-12-14(8-26)31-19(20)24-12/h4-6,9H,2-3,7-8H2,1H3,(H,22,29). The molecule has 0 atom stereocenters. The average molecular weight is 518 g/mol. The van der Waals surface area contributed by atoms with Crippen molar-refractivity contribution in [3.05, 3.63) is 64.8 Å². The van der Waals surface area contributed by atoms with Gasteiger partial charge in [0.15, 0.2) is 15.4 Å². The average Bonchev–Trinajstić information content (AvgIpc) is 3.39. The summed E-state index contributed by atoms with van der Waals surface area (Å²) in [5.74, 6) is 0.322. The van der Waals surface area contributed by atoms with Crippen molar-refractivity contribution < 1.29 is 4.79 Å². The van der Waals surface area contributed by atoms with Crippen LogP contribution in [0.5, 0.6) is 0 Å². The highest BCUT2D eigenvalue weighted by Gasteiger charge is 2.23. The zero-order valence-electron chi connectivity index (χ0n) is 16.3. The summed E-state index contributed by atoms with van der Waals surface area (Å²) in [6.45, 7) is 3.73. The molecule has 1 amide bonds. The van der Waals surface area contributed by atoms with Crippen molar-refractivity contribution in [1.29, 1.82) is 0 Å². The summed E-state index contributed by atoms with van der Waals surface area (Å²) in [5.41, 5.74) is 3.72. The van der Waals surface area contributed by atoms with Crippen LogP contribution in [0.3, 0.4) is 0 Å². The van der Waals surface area contributed by atoms with Crippen molar-refractivity contribution in [2.24, 2.45) is 0 Å². The van der Waals surface area contributed by atoms with E-state index in [0.29, 0.717) is 18.7 Å². The van der Waals surface area contributed by atoms with Crippen LogP contribution in [0.15, 0.2) is 32.6 Å². The fourth-order valence-corrected chi connectivity index (χ4v) is 5.66. The predicted octanol–water partition coefficient (Wildman–Crippen LogP) is 2.57. The largest absolute Gasteiger partial charge is 0.349 e. The topological polar surface area (TPSA) is 105 Å². The van der Waals surface area contributed by atoms with Crippen LogP contribution in [0, 0.1) is 6.92 Å². The smallest absolute Gasteiger partial charge is 0.275 e. The minimum Gasteiger partial charge on any atom is -0.349 e. The van der Waals surface area contributed by atoms with Crippen LogP contribution in [-0.4, -0.2) is 37.0 Å². The first kappa shape index (κ1) is 20.2. The fraction of sp³-hybridized carbons (Fsp3) is 0.263. The highest BCUT2D eigenvalue weighted by Crippen LogP contribution is 2.31. The summed E-state index contributed by atoms with van der Waals surface area (Å²) in [6.07, 6.45) is 2.51. The molecular formula is C19H16BrN7O2S2. The second-order valence-corrected chi connectivity index (χ2v) is 10.4. The van der Waals surface area contributed by atoms with Gasteiger partial charge in [-0.3, -0.25) is 14.6 Å². The maximum absolute atomic E-state index is 12.7. The minimum absolute atomic E-state index is 0.0700. The molecule has 0 aromatic carbocycles. The number of aromatic nitrogens is 5. The molecule has 1 aliphatic heterocycles. The molecule has 1 aliphatic rings. The number of carbonyl (C=O) groups is 1. The van der Waals surface area contributed by atoms with Gasteiger partial charge in [-0.25, -0.2) is 9.97 Å². The van der Waals surface area contributed by atoms with E-state index in [0.717, 1.165) is 38.8 Å². The van der Waals surface area contributed by atoms with Gasteiger partial charge >= 0.3 is 0 Å². The molecule has 12 heteroatoms. The molecule has 9 nitrogen and oxygen atoms in total. The molecule has 0 aliphatic carbocycles. The van der Waals surface area contributed by atoms with Crippen molar-refractivity contribution >= 4 is 56.0 Å². The molecule has 0 saturated carbocycles. The number of hydrogen-bond donors (Lipinski definition) is 1. The van der Waals surface area contributed by atoms with Crippen molar-refractivity contribution in [1.82, 2.24) is 29.9 Å². The van der Waals surface area contributed by atoms with E-state index in [9.17, 15) is 9.59 Å². The van der Waals surface area contributed by atoms with Crippen molar-refractivity contribution in [3.8, 4) is 0 Å². The summed E-state index contributed by atoms with van der Waals surface area (Å²) >= 11 is 6.52. The molecule has 4 aromatic heterocycles. The van der Waals surface area contributed by atoms with Gasteiger partial charge in [0.25, 0.3) is 11.5 Å². The Balaban J connectivity index is 1.43. The third-order valence-electron chi connectivity index (χ3n) is 4.96. The highest BCUT2D eigenvalue weighted by atomic mass is 79.9. The molecule has 5 heterocycles. The van der Waals surface area contributed by atoms with E-state index in [1.54, 1.807) is 29.1 Å². The molecule has 0 saturated heterocycles. The zero-order chi connectivity index (χ0) is 21.5. The molecular weight excluding hydrogens is 502 g/mol. The van der Waals surface area contributed by atoms with E-state index < -0.39 is 11.5 Å². The van der Waals surface area contributed by atoms with E-state index in [2.05, 4.69) is 46.2 Å². The third-order valence-corrected chi connectivity index (χ3v) is 7.27. The Morgan fingerprint density at radius 1 is 1.32 bits per heavy atom. The summed E-state index contributed by atoms with van der Waals surface area (Å²) < 4.78 is 2.13. The van der Waals surface area contributed by atoms with Gasteiger partial charge in [0.05, 0.1) is 24.3 Å². The maximum atomic E-state index is 12.7. The monoisotopic (exact) mass is 517 g/mol. The quantitative estimate of drug-likeness (QED) is 0.443. The first-order chi connectivity index (χ1) is 15.0. The lowest BCUT2D eigenvalue weighted by Gasteiger charge is -2.28. The van der Waals surface area contributed by atoms with Gasteiger partial charge < -0.3 is 10.2 Å². The normalized spacial score (nSPS) is 13.4. The third kappa shape index (κ3) is 3.98. The molecule has 0 unspecified atom stereocenters. The number of amides is 1. The van der Waals surface area contributed by atoms with Gasteiger partial charge in [0.2, 0.25) is 0 Å². The van der Waals surface area contributed by atoms with E-state index in [-0.39, 0.29) is 5.69 Å². The highest BCUT2D eigenvalue weighted by molar-refractivity contribution is 9.11. The SMILES string of the molecule is Cc1cc2nc(C(=O)NCc3cncs3)cc(=O)n2nc1N1CCc2nc(Br)sc2C1. The zero-order valence-corrected chi connectivity index (χ0v) is 19.6. The fourth-order valence-electron chi connectivity index (χ4n) is 3.48. The van der Waals surface area contributed by atoms with Crippen LogP contribution in [0.2, 0.25) is 0 Å². The molecule has 0 bridgehead atoms. The summed E-state index contributed by atoms with van der Waals surface area (Å²) in [6, 6.07) is 3.01. The van der Waals surface area contributed by atoms with Gasteiger partial charge in [-0.05, 0) is 34.5 Å². The van der Waals surface area contributed by atoms with E-state index in [1.807, 2.05) is 6.92 Å². The van der Waals surface area contributed by atoms with Crippen molar-refractivity contribution in [2.75, 3.05) is 11.4 Å². The van der Waals surface area contributed by atoms with Crippen LogP contribution in [0.4, 0.5) is 5.82 Å². The van der Waals surface area contributed by atoms with E-state index in [1.165, 1.54) is 26.8 Å². The molecule has 158 valence electrons. The second kappa shape index (κ2) is 8.09. The van der Waals surface area contributed by atoms with Crippen molar-refractivity contribution in [3.63, 3.8) is 0 Å². The summed E-state index contributed by atoms with van der Waals surface area (Å²) in [4.78, 5) is 42.3. The molecule has 4 aromatic rings. The lowest BCUT2D eigenvalue weighted by Crippen LogP contribution is -2.33. The van der Waals surface area contributed by atoms with Crippen LogP contribution < -0.4 is 15.8 Å². The predicted molar refractivity (Wildman–Crippen MR) is 122 cm³/mol. The summed E-state index contributed by atoms with van der Waals surface area (Å²) in [5, 5.41) is 7.33. The number of halogens is 1. The number of hydrogen-bond acceptors (Lipinski definition) is 9. The lowest BCUT2D eigenvalue weighted by atomic mass is 10.1. The Kier molecular flexibility index (Phi) is 5.28.